The molecule has 0 unspecified atom stereocenters. The van der Waals surface area contributed by atoms with Crippen molar-refractivity contribution in [3.05, 3.63) is 28.2 Å². The lowest BCUT2D eigenvalue weighted by Crippen LogP contribution is -2.47. The molecule has 0 aliphatic carbocycles. The van der Waals surface area contributed by atoms with Crippen molar-refractivity contribution in [3.63, 3.8) is 0 Å². The topological polar surface area (TPSA) is 49.6 Å². The number of rotatable bonds is 1. The van der Waals surface area contributed by atoms with E-state index in [4.69, 9.17) is 5.73 Å². The van der Waals surface area contributed by atoms with Crippen molar-refractivity contribution in [2.24, 2.45) is 0 Å². The lowest BCUT2D eigenvalue weighted by Gasteiger charge is -2.32. The molecule has 1 fully saturated rings. The molecule has 92 valence electrons. The molecular weight excluding hydrogens is 282 g/mol. The zero-order valence-corrected chi connectivity index (χ0v) is 11.4. The Balaban J connectivity index is 2.14. The Morgan fingerprint density at radius 1 is 1.29 bits per heavy atom. The van der Waals surface area contributed by atoms with Gasteiger partial charge in [-0.05, 0) is 41.2 Å². The van der Waals surface area contributed by atoms with Crippen LogP contribution in [0.3, 0.4) is 0 Å². The van der Waals surface area contributed by atoms with Gasteiger partial charge in [0.15, 0.2) is 0 Å². The lowest BCUT2D eigenvalue weighted by atomic mass is 10.1. The number of anilines is 1. The van der Waals surface area contributed by atoms with E-state index in [0.29, 0.717) is 11.3 Å². The fourth-order valence-corrected chi connectivity index (χ4v) is 2.45. The van der Waals surface area contributed by atoms with E-state index < -0.39 is 0 Å². The molecule has 1 amide bonds. The van der Waals surface area contributed by atoms with Crippen LogP contribution < -0.4 is 5.73 Å². The third-order valence-electron chi connectivity index (χ3n) is 3.01. The molecule has 0 aromatic heterocycles. The predicted molar refractivity (Wildman–Crippen MR) is 72.0 cm³/mol. The van der Waals surface area contributed by atoms with Crippen LogP contribution in [0.1, 0.15) is 10.4 Å². The van der Waals surface area contributed by atoms with Crippen LogP contribution in [0.2, 0.25) is 0 Å². The minimum absolute atomic E-state index is 0.0741. The third-order valence-corrected chi connectivity index (χ3v) is 3.67. The number of carbonyl (C=O) groups excluding carboxylic acids is 1. The fraction of sp³-hybridized carbons (Fsp3) is 0.417. The van der Waals surface area contributed by atoms with Gasteiger partial charge in [-0.3, -0.25) is 4.79 Å². The number of nitrogen functional groups attached to an aromatic ring is 1. The molecular formula is C12H16BrN3O. The van der Waals surface area contributed by atoms with Gasteiger partial charge in [0.05, 0.1) is 5.56 Å². The van der Waals surface area contributed by atoms with Crippen molar-refractivity contribution in [1.82, 2.24) is 9.80 Å². The van der Waals surface area contributed by atoms with Crippen LogP contribution in [-0.4, -0.2) is 48.9 Å². The molecule has 1 heterocycles. The quantitative estimate of drug-likeness (QED) is 0.798. The highest BCUT2D eigenvalue weighted by molar-refractivity contribution is 9.10. The molecule has 1 aromatic rings. The third kappa shape index (κ3) is 2.79. The molecule has 1 aliphatic heterocycles. The van der Waals surface area contributed by atoms with Gasteiger partial charge >= 0.3 is 0 Å². The second-order valence-corrected chi connectivity index (χ2v) is 5.19. The van der Waals surface area contributed by atoms with Crippen molar-refractivity contribution in [3.8, 4) is 0 Å². The Hall–Kier alpha value is -1.07. The fourth-order valence-electron chi connectivity index (χ4n) is 1.88. The van der Waals surface area contributed by atoms with Crippen LogP contribution in [0.4, 0.5) is 5.69 Å². The summed E-state index contributed by atoms with van der Waals surface area (Å²) >= 11 is 3.39. The molecule has 0 atom stereocenters. The molecule has 0 spiro atoms. The average Bonchev–Trinajstić information content (AvgIpc) is 2.29. The number of benzene rings is 1. The Kier molecular flexibility index (Phi) is 3.69. The average molecular weight is 298 g/mol. The number of likely N-dealkylation sites (N-methyl/N-ethyl adjacent to an activating group) is 1. The summed E-state index contributed by atoms with van der Waals surface area (Å²) in [4.78, 5) is 16.4. The summed E-state index contributed by atoms with van der Waals surface area (Å²) in [6.07, 6.45) is 0. The summed E-state index contributed by atoms with van der Waals surface area (Å²) in [6, 6.07) is 5.30. The maximum Gasteiger partial charge on any atom is 0.255 e. The summed E-state index contributed by atoms with van der Waals surface area (Å²) in [5, 5.41) is 0. The molecule has 17 heavy (non-hydrogen) atoms. The minimum Gasteiger partial charge on any atom is -0.399 e. The van der Waals surface area contributed by atoms with Gasteiger partial charge < -0.3 is 15.5 Å². The first-order valence-corrected chi connectivity index (χ1v) is 6.40. The van der Waals surface area contributed by atoms with Crippen molar-refractivity contribution >= 4 is 27.5 Å². The second kappa shape index (κ2) is 5.06. The number of amides is 1. The van der Waals surface area contributed by atoms with Crippen LogP contribution in [0.25, 0.3) is 0 Å². The van der Waals surface area contributed by atoms with Gasteiger partial charge in [-0.2, -0.15) is 0 Å². The number of hydrogen-bond acceptors (Lipinski definition) is 3. The van der Waals surface area contributed by atoms with E-state index in [1.165, 1.54) is 0 Å². The largest absolute Gasteiger partial charge is 0.399 e. The number of halogens is 1. The maximum atomic E-state index is 12.3. The second-order valence-electron chi connectivity index (χ2n) is 4.33. The van der Waals surface area contributed by atoms with E-state index in [-0.39, 0.29) is 5.91 Å². The molecule has 0 bridgehead atoms. The van der Waals surface area contributed by atoms with Gasteiger partial charge in [-0.1, -0.05) is 0 Å². The van der Waals surface area contributed by atoms with Crippen LogP contribution in [0, 0.1) is 0 Å². The maximum absolute atomic E-state index is 12.3. The molecule has 1 aromatic carbocycles. The van der Waals surface area contributed by atoms with Gasteiger partial charge in [0, 0.05) is 36.3 Å². The molecule has 2 rings (SSSR count). The molecule has 1 aliphatic rings. The van der Waals surface area contributed by atoms with Crippen LogP contribution in [0.15, 0.2) is 22.7 Å². The molecule has 1 saturated heterocycles. The number of nitrogens with zero attached hydrogens (tertiary/aromatic N) is 2. The first kappa shape index (κ1) is 12.4. The van der Waals surface area contributed by atoms with E-state index in [1.807, 2.05) is 4.90 Å². The SMILES string of the molecule is CN1CCN(C(=O)c2ccc(N)cc2Br)CC1. The number of carbonyl (C=O) groups is 1. The van der Waals surface area contributed by atoms with Gasteiger partial charge in [-0.25, -0.2) is 0 Å². The highest BCUT2D eigenvalue weighted by atomic mass is 79.9. The zero-order chi connectivity index (χ0) is 12.4. The van der Waals surface area contributed by atoms with Crippen LogP contribution >= 0.6 is 15.9 Å². The molecule has 4 nitrogen and oxygen atoms in total. The van der Waals surface area contributed by atoms with E-state index in [0.717, 1.165) is 30.7 Å². The van der Waals surface area contributed by atoms with Crippen LogP contribution in [-0.2, 0) is 0 Å². The molecule has 5 heteroatoms. The first-order chi connectivity index (χ1) is 8.08. The number of hydrogen-bond donors (Lipinski definition) is 1. The Bertz CT molecular complexity index is 428. The van der Waals surface area contributed by atoms with E-state index >= 15 is 0 Å². The lowest BCUT2D eigenvalue weighted by molar-refractivity contribution is 0.0663. The number of nitrogens with two attached hydrogens (primary N) is 1. The van der Waals surface area contributed by atoms with Gasteiger partial charge in [-0.15, -0.1) is 0 Å². The summed E-state index contributed by atoms with van der Waals surface area (Å²) in [5.74, 6) is 0.0741. The van der Waals surface area contributed by atoms with E-state index in [2.05, 4.69) is 27.9 Å². The zero-order valence-electron chi connectivity index (χ0n) is 9.82. The van der Waals surface area contributed by atoms with Crippen molar-refractivity contribution in [2.75, 3.05) is 39.0 Å². The summed E-state index contributed by atoms with van der Waals surface area (Å²) < 4.78 is 0.765. The summed E-state index contributed by atoms with van der Waals surface area (Å²) in [6.45, 7) is 3.43. The molecule has 0 radical (unpaired) electrons. The summed E-state index contributed by atoms with van der Waals surface area (Å²) in [5.41, 5.74) is 7.01. The van der Waals surface area contributed by atoms with Gasteiger partial charge in [0.25, 0.3) is 5.91 Å². The minimum atomic E-state index is 0.0741. The molecule has 0 saturated carbocycles. The van der Waals surface area contributed by atoms with Gasteiger partial charge in [0.1, 0.15) is 0 Å². The molecule has 2 N–H and O–H groups in total. The predicted octanol–water partition coefficient (Wildman–Crippen LogP) is 1.42. The Morgan fingerprint density at radius 2 is 1.94 bits per heavy atom. The summed E-state index contributed by atoms with van der Waals surface area (Å²) in [7, 11) is 2.07. The smallest absolute Gasteiger partial charge is 0.255 e. The van der Waals surface area contributed by atoms with E-state index in [1.54, 1.807) is 18.2 Å². The van der Waals surface area contributed by atoms with Crippen molar-refractivity contribution < 1.29 is 4.79 Å². The highest BCUT2D eigenvalue weighted by Gasteiger charge is 2.21. The van der Waals surface area contributed by atoms with Gasteiger partial charge in [0.2, 0.25) is 0 Å². The van der Waals surface area contributed by atoms with Crippen molar-refractivity contribution in [2.45, 2.75) is 0 Å². The van der Waals surface area contributed by atoms with Crippen LogP contribution in [0.5, 0.6) is 0 Å². The Labute approximate surface area is 110 Å². The first-order valence-electron chi connectivity index (χ1n) is 5.61. The Morgan fingerprint density at radius 3 is 2.53 bits per heavy atom. The number of piperazine rings is 1. The van der Waals surface area contributed by atoms with Crippen molar-refractivity contribution in [1.29, 1.82) is 0 Å². The highest BCUT2D eigenvalue weighted by Crippen LogP contribution is 2.21. The monoisotopic (exact) mass is 297 g/mol. The van der Waals surface area contributed by atoms with E-state index in [9.17, 15) is 4.79 Å². The standard InChI is InChI=1S/C12H16BrN3O/c1-15-4-6-16(7-5-15)12(17)10-3-2-9(14)8-11(10)13/h2-3,8H,4-7,14H2,1H3. The normalized spacial score (nSPS) is 17.2.